The van der Waals surface area contributed by atoms with Gasteiger partial charge < -0.3 is 20.0 Å². The molecule has 0 radical (unpaired) electrons. The summed E-state index contributed by atoms with van der Waals surface area (Å²) in [6.07, 6.45) is 1.95. The van der Waals surface area contributed by atoms with Crippen molar-refractivity contribution in [1.29, 1.82) is 0 Å². The van der Waals surface area contributed by atoms with Gasteiger partial charge in [-0.3, -0.25) is 14.4 Å². The highest BCUT2D eigenvalue weighted by atomic mass is 16.3. The third kappa shape index (κ3) is 2.23. The summed E-state index contributed by atoms with van der Waals surface area (Å²) in [5, 5.41) is 0. The first-order chi connectivity index (χ1) is 12.0. The summed E-state index contributed by atoms with van der Waals surface area (Å²) in [5.41, 5.74) is 6.02. The van der Waals surface area contributed by atoms with Crippen molar-refractivity contribution >= 4 is 23.4 Å². The van der Waals surface area contributed by atoms with E-state index in [1.807, 2.05) is 24.3 Å². The Morgan fingerprint density at radius 2 is 2.00 bits per heavy atom. The number of furan rings is 1. The number of benzene rings is 1. The molecule has 1 fully saturated rings. The van der Waals surface area contributed by atoms with E-state index in [4.69, 9.17) is 10.2 Å². The number of amides is 3. The molecule has 128 valence electrons. The van der Waals surface area contributed by atoms with Gasteiger partial charge in [0.15, 0.2) is 5.76 Å². The van der Waals surface area contributed by atoms with E-state index in [2.05, 4.69) is 0 Å². The molecule has 1 atom stereocenters. The van der Waals surface area contributed by atoms with Crippen LogP contribution in [0.1, 0.15) is 22.5 Å². The van der Waals surface area contributed by atoms with Crippen molar-refractivity contribution in [3.63, 3.8) is 0 Å². The van der Waals surface area contributed by atoms with Crippen LogP contribution < -0.4 is 10.6 Å². The first kappa shape index (κ1) is 15.4. The van der Waals surface area contributed by atoms with Crippen LogP contribution in [0.25, 0.3) is 0 Å². The second-order valence-electron chi connectivity index (χ2n) is 6.41. The largest absolute Gasteiger partial charge is 0.459 e. The normalized spacial score (nSPS) is 21.8. The van der Waals surface area contributed by atoms with Gasteiger partial charge in [-0.2, -0.15) is 0 Å². The molecule has 1 spiro atoms. The molecule has 25 heavy (non-hydrogen) atoms. The number of carbonyl (C=O) groups is 3. The van der Waals surface area contributed by atoms with Gasteiger partial charge in [-0.15, -0.1) is 0 Å². The summed E-state index contributed by atoms with van der Waals surface area (Å²) < 4.78 is 5.18. The maximum absolute atomic E-state index is 13.1. The Hall–Kier alpha value is -3.09. The maximum atomic E-state index is 13.1. The molecule has 4 rings (SSSR count). The lowest BCUT2D eigenvalue weighted by molar-refractivity contribution is -0.125. The standard InChI is InChI=1S/C18H17N3O4/c19-15(22)10-21-13-5-2-1-4-12(13)18(17(21)24)7-8-20(11-18)16(23)14-6-3-9-25-14/h1-6,9H,7-8,10-11H2,(H2,19,22). The molecule has 1 saturated heterocycles. The molecular formula is C18H17N3O4. The van der Waals surface area contributed by atoms with Crippen molar-refractivity contribution in [2.75, 3.05) is 24.5 Å². The Kier molecular flexibility index (Phi) is 3.38. The van der Waals surface area contributed by atoms with Gasteiger partial charge in [0.1, 0.15) is 6.54 Å². The number of likely N-dealkylation sites (tertiary alicyclic amines) is 1. The number of hydrogen-bond acceptors (Lipinski definition) is 4. The zero-order valence-corrected chi connectivity index (χ0v) is 13.5. The molecule has 3 amide bonds. The van der Waals surface area contributed by atoms with Gasteiger partial charge in [0, 0.05) is 18.8 Å². The number of primary amides is 1. The molecule has 2 N–H and O–H groups in total. The Morgan fingerprint density at radius 1 is 1.20 bits per heavy atom. The van der Waals surface area contributed by atoms with Crippen molar-refractivity contribution in [2.24, 2.45) is 5.73 Å². The molecular weight excluding hydrogens is 322 g/mol. The van der Waals surface area contributed by atoms with Gasteiger partial charge in [-0.25, -0.2) is 0 Å². The highest BCUT2D eigenvalue weighted by molar-refractivity contribution is 6.11. The monoisotopic (exact) mass is 339 g/mol. The van der Waals surface area contributed by atoms with Gasteiger partial charge in [-0.1, -0.05) is 18.2 Å². The summed E-state index contributed by atoms with van der Waals surface area (Å²) in [5.74, 6) is -0.728. The Labute approximate surface area is 144 Å². The lowest BCUT2D eigenvalue weighted by Gasteiger charge is -2.23. The quantitative estimate of drug-likeness (QED) is 0.898. The fraction of sp³-hybridized carbons (Fsp3) is 0.278. The average Bonchev–Trinajstić information content (AvgIpc) is 3.32. The van der Waals surface area contributed by atoms with E-state index in [1.54, 1.807) is 17.0 Å². The van der Waals surface area contributed by atoms with Crippen LogP contribution in [0.5, 0.6) is 0 Å². The van der Waals surface area contributed by atoms with Crippen LogP contribution >= 0.6 is 0 Å². The summed E-state index contributed by atoms with van der Waals surface area (Å²) in [6.45, 7) is 0.547. The minimum atomic E-state index is -0.825. The summed E-state index contributed by atoms with van der Waals surface area (Å²) >= 11 is 0. The maximum Gasteiger partial charge on any atom is 0.289 e. The van der Waals surface area contributed by atoms with Crippen LogP contribution in [0.15, 0.2) is 47.1 Å². The molecule has 0 aliphatic carbocycles. The number of nitrogens with two attached hydrogens (primary N) is 1. The molecule has 0 bridgehead atoms. The van der Waals surface area contributed by atoms with E-state index < -0.39 is 11.3 Å². The Balaban J connectivity index is 1.69. The fourth-order valence-electron chi connectivity index (χ4n) is 3.84. The number of hydrogen-bond donors (Lipinski definition) is 1. The topological polar surface area (TPSA) is 96.9 Å². The molecule has 7 heteroatoms. The predicted octanol–water partition coefficient (Wildman–Crippen LogP) is 0.895. The highest BCUT2D eigenvalue weighted by Crippen LogP contribution is 2.47. The van der Waals surface area contributed by atoms with Crippen molar-refractivity contribution in [1.82, 2.24) is 4.90 Å². The molecule has 1 aromatic heterocycles. The van der Waals surface area contributed by atoms with Crippen LogP contribution in [0.2, 0.25) is 0 Å². The zero-order valence-electron chi connectivity index (χ0n) is 13.5. The average molecular weight is 339 g/mol. The summed E-state index contributed by atoms with van der Waals surface area (Å²) in [4.78, 5) is 40.1. The van der Waals surface area contributed by atoms with Crippen LogP contribution in [-0.2, 0) is 15.0 Å². The molecule has 7 nitrogen and oxygen atoms in total. The number of rotatable bonds is 3. The highest BCUT2D eigenvalue weighted by Gasteiger charge is 2.55. The van der Waals surface area contributed by atoms with E-state index in [9.17, 15) is 14.4 Å². The van der Waals surface area contributed by atoms with Crippen molar-refractivity contribution < 1.29 is 18.8 Å². The third-order valence-corrected chi connectivity index (χ3v) is 4.97. The lowest BCUT2D eigenvalue weighted by atomic mass is 9.81. The SMILES string of the molecule is NC(=O)CN1C(=O)C2(CCN(C(=O)c3ccco3)C2)c2ccccc21. The van der Waals surface area contributed by atoms with Gasteiger partial charge in [0.25, 0.3) is 5.91 Å². The molecule has 2 aliphatic rings. The van der Waals surface area contributed by atoms with Crippen LogP contribution in [0.4, 0.5) is 5.69 Å². The van der Waals surface area contributed by atoms with Crippen LogP contribution in [0, 0.1) is 0 Å². The van der Waals surface area contributed by atoms with Crippen molar-refractivity contribution in [3.8, 4) is 0 Å². The smallest absolute Gasteiger partial charge is 0.289 e. The Morgan fingerprint density at radius 3 is 2.72 bits per heavy atom. The van der Waals surface area contributed by atoms with E-state index >= 15 is 0 Å². The van der Waals surface area contributed by atoms with Crippen LogP contribution in [-0.4, -0.2) is 42.3 Å². The van der Waals surface area contributed by atoms with Gasteiger partial charge >= 0.3 is 0 Å². The fourth-order valence-corrected chi connectivity index (χ4v) is 3.84. The van der Waals surface area contributed by atoms with Crippen molar-refractivity contribution in [2.45, 2.75) is 11.8 Å². The number of anilines is 1. The predicted molar refractivity (Wildman–Crippen MR) is 88.9 cm³/mol. The third-order valence-electron chi connectivity index (χ3n) is 4.97. The molecule has 1 unspecified atom stereocenters. The van der Waals surface area contributed by atoms with E-state index in [0.29, 0.717) is 18.7 Å². The van der Waals surface area contributed by atoms with Crippen molar-refractivity contribution in [3.05, 3.63) is 54.0 Å². The summed E-state index contributed by atoms with van der Waals surface area (Å²) in [6, 6.07) is 10.6. The number of carbonyl (C=O) groups excluding carboxylic acids is 3. The Bertz CT molecular complexity index is 861. The van der Waals surface area contributed by atoms with E-state index in [0.717, 1.165) is 5.56 Å². The lowest BCUT2D eigenvalue weighted by Crippen LogP contribution is -2.45. The van der Waals surface area contributed by atoms with Crippen LogP contribution in [0.3, 0.4) is 0 Å². The van der Waals surface area contributed by atoms with E-state index in [-0.39, 0.29) is 30.7 Å². The first-order valence-electron chi connectivity index (χ1n) is 8.05. The first-order valence-corrected chi connectivity index (χ1v) is 8.05. The van der Waals surface area contributed by atoms with Gasteiger partial charge in [0.05, 0.1) is 11.7 Å². The number of fused-ring (bicyclic) bond motifs is 2. The molecule has 3 heterocycles. The minimum absolute atomic E-state index is 0.163. The molecule has 2 aliphatic heterocycles. The summed E-state index contributed by atoms with van der Waals surface area (Å²) in [7, 11) is 0. The van der Waals surface area contributed by atoms with Gasteiger partial charge in [-0.05, 0) is 30.2 Å². The van der Waals surface area contributed by atoms with E-state index in [1.165, 1.54) is 11.2 Å². The molecule has 1 aromatic carbocycles. The zero-order chi connectivity index (χ0) is 17.6. The second kappa shape index (κ2) is 5.47. The second-order valence-corrected chi connectivity index (χ2v) is 6.41. The molecule has 0 saturated carbocycles. The number of nitrogens with zero attached hydrogens (tertiary/aromatic N) is 2. The number of para-hydroxylation sites is 1. The minimum Gasteiger partial charge on any atom is -0.459 e. The molecule has 2 aromatic rings. The van der Waals surface area contributed by atoms with Gasteiger partial charge in [0.2, 0.25) is 11.8 Å².